The standard InChI is InChI=1S/C21H18FN3O2S/c1-13(2)26-17-9-5-15(6-10-17)21-24-19(27-25-21)11-20-23-18(12-28-20)14-3-7-16(22)8-4-14/h3-10,12-13H,11H2,1-2H3. The van der Waals surface area contributed by atoms with Crippen LogP contribution in [-0.2, 0) is 6.42 Å². The third-order valence-corrected chi connectivity index (χ3v) is 4.80. The van der Waals surface area contributed by atoms with E-state index >= 15 is 0 Å². The number of hydrogen-bond acceptors (Lipinski definition) is 6. The first kappa shape index (κ1) is 18.3. The lowest BCUT2D eigenvalue weighted by Gasteiger charge is -2.09. The molecule has 4 rings (SSSR count). The van der Waals surface area contributed by atoms with Gasteiger partial charge < -0.3 is 9.26 Å². The van der Waals surface area contributed by atoms with Crippen molar-refractivity contribution in [3.63, 3.8) is 0 Å². The van der Waals surface area contributed by atoms with E-state index in [2.05, 4.69) is 15.1 Å². The third-order valence-electron chi connectivity index (χ3n) is 3.95. The quantitative estimate of drug-likeness (QED) is 0.439. The summed E-state index contributed by atoms with van der Waals surface area (Å²) in [6, 6.07) is 13.9. The Labute approximate surface area is 165 Å². The molecule has 7 heteroatoms. The summed E-state index contributed by atoms with van der Waals surface area (Å²) in [6.07, 6.45) is 0.577. The van der Waals surface area contributed by atoms with Crippen LogP contribution in [0.25, 0.3) is 22.6 Å². The summed E-state index contributed by atoms with van der Waals surface area (Å²) in [5, 5.41) is 6.85. The number of nitrogens with zero attached hydrogens (tertiary/aromatic N) is 3. The van der Waals surface area contributed by atoms with Gasteiger partial charge in [0.1, 0.15) is 16.6 Å². The van der Waals surface area contributed by atoms with Gasteiger partial charge >= 0.3 is 0 Å². The summed E-state index contributed by atoms with van der Waals surface area (Å²) in [4.78, 5) is 9.04. The molecule has 0 radical (unpaired) electrons. The van der Waals surface area contributed by atoms with Crippen molar-refractivity contribution >= 4 is 11.3 Å². The molecule has 2 aromatic carbocycles. The van der Waals surface area contributed by atoms with E-state index in [0.29, 0.717) is 18.1 Å². The predicted molar refractivity (Wildman–Crippen MR) is 106 cm³/mol. The molecule has 28 heavy (non-hydrogen) atoms. The Morgan fingerprint density at radius 1 is 1.00 bits per heavy atom. The molecule has 0 atom stereocenters. The zero-order valence-corrected chi connectivity index (χ0v) is 16.2. The molecule has 2 heterocycles. The highest BCUT2D eigenvalue weighted by molar-refractivity contribution is 7.10. The lowest BCUT2D eigenvalue weighted by Crippen LogP contribution is -2.05. The van der Waals surface area contributed by atoms with Crippen molar-refractivity contribution in [1.29, 1.82) is 0 Å². The number of benzene rings is 2. The van der Waals surface area contributed by atoms with Crippen LogP contribution in [-0.4, -0.2) is 21.2 Å². The highest BCUT2D eigenvalue weighted by Crippen LogP contribution is 2.25. The van der Waals surface area contributed by atoms with Crippen LogP contribution in [0.1, 0.15) is 24.7 Å². The summed E-state index contributed by atoms with van der Waals surface area (Å²) in [5.74, 6) is 1.57. The molecule has 0 aliphatic heterocycles. The molecular formula is C21H18FN3O2S. The highest BCUT2D eigenvalue weighted by Gasteiger charge is 2.12. The van der Waals surface area contributed by atoms with Crippen LogP contribution in [0.15, 0.2) is 58.4 Å². The maximum Gasteiger partial charge on any atom is 0.233 e. The molecule has 0 aliphatic carbocycles. The molecule has 2 aromatic heterocycles. The Morgan fingerprint density at radius 2 is 1.71 bits per heavy atom. The normalized spacial score (nSPS) is 11.1. The minimum Gasteiger partial charge on any atom is -0.491 e. The van der Waals surface area contributed by atoms with Crippen molar-refractivity contribution in [2.75, 3.05) is 0 Å². The zero-order chi connectivity index (χ0) is 19.5. The van der Waals surface area contributed by atoms with Crippen molar-refractivity contribution in [3.05, 3.63) is 70.6 Å². The van der Waals surface area contributed by atoms with Gasteiger partial charge in [-0.05, 0) is 62.4 Å². The van der Waals surface area contributed by atoms with Gasteiger partial charge in [-0.15, -0.1) is 11.3 Å². The minimum absolute atomic E-state index is 0.126. The van der Waals surface area contributed by atoms with Crippen LogP contribution in [0.4, 0.5) is 4.39 Å². The van der Waals surface area contributed by atoms with Gasteiger partial charge in [0, 0.05) is 16.5 Å². The molecule has 142 valence electrons. The average molecular weight is 395 g/mol. The molecule has 0 fully saturated rings. The Hall–Kier alpha value is -3.06. The van der Waals surface area contributed by atoms with Crippen LogP contribution in [0.5, 0.6) is 5.75 Å². The Bertz CT molecular complexity index is 1060. The molecule has 5 nitrogen and oxygen atoms in total. The lowest BCUT2D eigenvalue weighted by atomic mass is 10.2. The van der Waals surface area contributed by atoms with Crippen LogP contribution in [0.2, 0.25) is 0 Å². The van der Waals surface area contributed by atoms with Gasteiger partial charge in [-0.25, -0.2) is 9.37 Å². The van der Waals surface area contributed by atoms with E-state index in [-0.39, 0.29) is 11.9 Å². The Balaban J connectivity index is 1.46. The first-order valence-corrected chi connectivity index (χ1v) is 9.75. The van der Waals surface area contributed by atoms with E-state index < -0.39 is 0 Å². The van der Waals surface area contributed by atoms with Gasteiger partial charge in [0.15, 0.2) is 0 Å². The van der Waals surface area contributed by atoms with Crippen molar-refractivity contribution in [2.45, 2.75) is 26.4 Å². The Kier molecular flexibility index (Phi) is 5.16. The van der Waals surface area contributed by atoms with Crippen molar-refractivity contribution in [2.24, 2.45) is 0 Å². The van der Waals surface area contributed by atoms with E-state index in [4.69, 9.17) is 9.26 Å². The van der Waals surface area contributed by atoms with E-state index in [1.54, 1.807) is 12.1 Å². The van der Waals surface area contributed by atoms with Gasteiger partial charge in [-0.1, -0.05) is 5.16 Å². The number of aromatic nitrogens is 3. The summed E-state index contributed by atoms with van der Waals surface area (Å²) < 4.78 is 24.1. The zero-order valence-electron chi connectivity index (χ0n) is 15.4. The van der Waals surface area contributed by atoms with Crippen LogP contribution >= 0.6 is 11.3 Å². The van der Waals surface area contributed by atoms with Crippen LogP contribution in [0.3, 0.4) is 0 Å². The second-order valence-electron chi connectivity index (χ2n) is 6.51. The first-order valence-electron chi connectivity index (χ1n) is 8.87. The molecule has 4 aromatic rings. The second-order valence-corrected chi connectivity index (χ2v) is 7.46. The number of thiazole rings is 1. The molecule has 0 N–H and O–H groups in total. The summed E-state index contributed by atoms with van der Waals surface area (Å²) >= 11 is 1.51. The molecule has 0 saturated carbocycles. The fourth-order valence-corrected chi connectivity index (χ4v) is 3.47. The van der Waals surface area contributed by atoms with E-state index in [9.17, 15) is 4.39 Å². The van der Waals surface area contributed by atoms with Gasteiger partial charge in [-0.2, -0.15) is 4.98 Å². The fourth-order valence-electron chi connectivity index (χ4n) is 2.67. The van der Waals surface area contributed by atoms with Crippen LogP contribution in [0, 0.1) is 5.82 Å². The van der Waals surface area contributed by atoms with E-state index in [1.807, 2.05) is 43.5 Å². The molecule has 0 aliphatic rings. The first-order chi connectivity index (χ1) is 13.6. The van der Waals surface area contributed by atoms with Crippen LogP contribution < -0.4 is 4.74 Å². The molecule has 0 amide bonds. The number of ether oxygens (including phenoxy) is 1. The molecule has 0 saturated heterocycles. The van der Waals surface area contributed by atoms with Crippen molar-refractivity contribution in [3.8, 4) is 28.4 Å². The number of rotatable bonds is 6. The largest absolute Gasteiger partial charge is 0.491 e. The van der Waals surface area contributed by atoms with Crippen molar-refractivity contribution < 1.29 is 13.7 Å². The maximum absolute atomic E-state index is 13.1. The lowest BCUT2D eigenvalue weighted by molar-refractivity contribution is 0.242. The fraction of sp³-hybridized carbons (Fsp3) is 0.190. The average Bonchev–Trinajstić information content (AvgIpc) is 3.33. The summed E-state index contributed by atoms with van der Waals surface area (Å²) in [5.41, 5.74) is 2.54. The second kappa shape index (κ2) is 7.90. The molecular weight excluding hydrogens is 377 g/mol. The van der Waals surface area contributed by atoms with Gasteiger partial charge in [0.25, 0.3) is 0 Å². The number of halogens is 1. The van der Waals surface area contributed by atoms with Gasteiger partial charge in [-0.3, -0.25) is 0 Å². The topological polar surface area (TPSA) is 61.0 Å². The van der Waals surface area contributed by atoms with E-state index in [0.717, 1.165) is 27.6 Å². The SMILES string of the molecule is CC(C)Oc1ccc(-c2noc(Cc3nc(-c4ccc(F)cc4)cs3)n2)cc1. The van der Waals surface area contributed by atoms with Gasteiger partial charge in [0.2, 0.25) is 11.7 Å². The minimum atomic E-state index is -0.263. The van der Waals surface area contributed by atoms with Crippen molar-refractivity contribution in [1.82, 2.24) is 15.1 Å². The van der Waals surface area contributed by atoms with Gasteiger partial charge in [0.05, 0.1) is 18.2 Å². The number of hydrogen-bond donors (Lipinski definition) is 0. The Morgan fingerprint density at radius 3 is 2.43 bits per heavy atom. The smallest absolute Gasteiger partial charge is 0.233 e. The summed E-state index contributed by atoms with van der Waals surface area (Å²) in [6.45, 7) is 3.97. The summed E-state index contributed by atoms with van der Waals surface area (Å²) in [7, 11) is 0. The molecule has 0 unspecified atom stereocenters. The van der Waals surface area contributed by atoms with E-state index in [1.165, 1.54) is 23.5 Å². The third kappa shape index (κ3) is 4.26. The molecule has 0 bridgehead atoms. The monoisotopic (exact) mass is 395 g/mol. The predicted octanol–water partition coefficient (Wildman–Crippen LogP) is 5.38. The maximum atomic E-state index is 13.1. The highest BCUT2D eigenvalue weighted by atomic mass is 32.1. The molecule has 0 spiro atoms.